The van der Waals surface area contributed by atoms with E-state index < -0.39 is 12.3 Å². The number of aliphatic hydroxyl groups is 1. The molecule has 0 aromatic heterocycles. The van der Waals surface area contributed by atoms with Crippen LogP contribution in [0, 0.1) is 5.92 Å². The van der Waals surface area contributed by atoms with Crippen LogP contribution in [0.1, 0.15) is 72.0 Å². The topological polar surface area (TPSA) is 127 Å². The monoisotopic (exact) mass is 708 g/mol. The van der Waals surface area contributed by atoms with E-state index in [0.717, 1.165) is 70.9 Å². The molecule has 2 heterocycles. The predicted octanol–water partition coefficient (Wildman–Crippen LogP) is 6.58. The molecule has 2 aliphatic rings. The molecule has 274 valence electrons. The first-order valence-electron chi connectivity index (χ1n) is 17.9. The van der Waals surface area contributed by atoms with E-state index >= 15 is 0 Å². The van der Waals surface area contributed by atoms with Gasteiger partial charge in [-0.15, -0.1) is 0 Å². The molecular weight excluding hydrogens is 660 g/mol. The highest BCUT2D eigenvalue weighted by molar-refractivity contribution is 5.76. The number of carbonyl (C=O) groups is 2. The van der Waals surface area contributed by atoms with Crippen molar-refractivity contribution in [3.63, 3.8) is 0 Å². The van der Waals surface area contributed by atoms with Crippen LogP contribution in [0.2, 0.25) is 0 Å². The van der Waals surface area contributed by atoms with Crippen LogP contribution in [-0.4, -0.2) is 60.4 Å². The molecule has 10 heteroatoms. The Kier molecular flexibility index (Phi) is 12.2. The van der Waals surface area contributed by atoms with Gasteiger partial charge in [0, 0.05) is 50.5 Å². The largest absolute Gasteiger partial charge is 0.493 e. The Labute approximate surface area is 305 Å². The van der Waals surface area contributed by atoms with Crippen LogP contribution < -0.4 is 14.8 Å². The van der Waals surface area contributed by atoms with Crippen LogP contribution in [0.3, 0.4) is 0 Å². The van der Waals surface area contributed by atoms with E-state index in [9.17, 15) is 14.7 Å². The first kappa shape index (κ1) is 37.0. The van der Waals surface area contributed by atoms with Gasteiger partial charge in [0.25, 0.3) is 0 Å². The third kappa shape index (κ3) is 9.00. The Hall–Kier alpha value is -4.74. The Balaban J connectivity index is 1.17. The molecule has 10 nitrogen and oxygen atoms in total. The minimum Gasteiger partial charge on any atom is -0.493 e. The third-order valence-corrected chi connectivity index (χ3v) is 10.1. The van der Waals surface area contributed by atoms with E-state index in [1.165, 1.54) is 11.1 Å². The molecule has 0 bridgehead atoms. The maximum absolute atomic E-state index is 12.2. The van der Waals surface area contributed by atoms with E-state index in [2.05, 4.69) is 41.4 Å². The minimum atomic E-state index is -0.900. The number of methoxy groups -OCH3 is 2. The number of rotatable bonds is 14. The van der Waals surface area contributed by atoms with Crippen LogP contribution in [0.5, 0.6) is 11.5 Å². The van der Waals surface area contributed by atoms with Crippen LogP contribution in [0.15, 0.2) is 84.9 Å². The Morgan fingerprint density at radius 3 is 2.25 bits per heavy atom. The lowest BCUT2D eigenvalue weighted by molar-refractivity contribution is -0.276. The molecule has 0 aliphatic carbocycles. The summed E-state index contributed by atoms with van der Waals surface area (Å²) in [6.45, 7) is 4.96. The van der Waals surface area contributed by atoms with Crippen molar-refractivity contribution in [2.24, 2.45) is 5.92 Å². The van der Waals surface area contributed by atoms with E-state index in [0.29, 0.717) is 13.0 Å². The zero-order valence-corrected chi connectivity index (χ0v) is 30.0. The zero-order valence-electron chi connectivity index (χ0n) is 30.0. The molecule has 3 N–H and O–H groups in total. The van der Waals surface area contributed by atoms with E-state index in [1.807, 2.05) is 60.7 Å². The maximum Gasteiger partial charge on any atom is 0.303 e. The third-order valence-electron chi connectivity index (χ3n) is 10.1. The summed E-state index contributed by atoms with van der Waals surface area (Å²) in [6.07, 6.45) is 0.480. The number of aliphatic carboxylic acids is 1. The molecule has 0 radical (unpaired) electrons. The van der Waals surface area contributed by atoms with Gasteiger partial charge in [0.15, 0.2) is 17.8 Å². The summed E-state index contributed by atoms with van der Waals surface area (Å²) in [5.74, 6) is 0.482. The van der Waals surface area contributed by atoms with Gasteiger partial charge in [-0.05, 0) is 70.0 Å². The zero-order chi connectivity index (χ0) is 36.6. The Bertz CT molecular complexity index is 1830. The van der Waals surface area contributed by atoms with Crippen LogP contribution in [0.4, 0.5) is 0 Å². The van der Waals surface area contributed by atoms with Gasteiger partial charge in [0.05, 0.1) is 33.0 Å². The second-order valence-corrected chi connectivity index (χ2v) is 13.6. The summed E-state index contributed by atoms with van der Waals surface area (Å²) in [5.41, 5.74) is 8.32. The summed E-state index contributed by atoms with van der Waals surface area (Å²) in [6, 6.07) is 28.4. The van der Waals surface area contributed by atoms with Crippen molar-refractivity contribution in [1.29, 1.82) is 0 Å². The van der Waals surface area contributed by atoms with E-state index in [1.54, 1.807) is 14.2 Å². The van der Waals surface area contributed by atoms with E-state index in [4.69, 9.17) is 24.1 Å². The second kappa shape index (κ2) is 17.2. The van der Waals surface area contributed by atoms with E-state index in [-0.39, 0.29) is 43.5 Å². The highest BCUT2D eigenvalue weighted by Crippen LogP contribution is 2.43. The fraction of sp³-hybridized carbons (Fsp3) is 0.381. The number of aliphatic hydroxyl groups excluding tert-OH is 1. The lowest BCUT2D eigenvalue weighted by Crippen LogP contribution is -2.45. The van der Waals surface area contributed by atoms with Gasteiger partial charge in [-0.1, -0.05) is 73.7 Å². The summed E-state index contributed by atoms with van der Waals surface area (Å²) in [7, 11) is 3.33. The number of benzene rings is 4. The number of ether oxygens (including phenoxy) is 4. The summed E-state index contributed by atoms with van der Waals surface area (Å²) in [5, 5.41) is 21.3. The lowest BCUT2D eigenvalue weighted by atomic mass is 9.89. The Morgan fingerprint density at radius 1 is 0.846 bits per heavy atom. The molecule has 4 atom stereocenters. The lowest BCUT2D eigenvalue weighted by Gasteiger charge is -2.43. The van der Waals surface area contributed by atoms with Gasteiger partial charge < -0.3 is 34.5 Å². The van der Waals surface area contributed by atoms with Crippen LogP contribution >= 0.6 is 0 Å². The SMILES string of the molecule is COc1cc2c(cc1OC)CN(CC1OC(c3ccc(-c4cccc(CNC(=O)CCCC(=O)O)c4)cc3)OC(c3ccc(CO)cc3)C1C)CC2. The minimum absolute atomic E-state index is 0.0126. The number of hydrogen-bond acceptors (Lipinski definition) is 8. The first-order chi connectivity index (χ1) is 25.2. The standard InChI is InChI=1S/C42H48N2O8/c1-27-38(25-44-19-18-34-21-36(49-2)37(50-3)22-35(34)24-44)51-42(52-41(27)31-12-10-28(26-45)11-13-31)32-16-14-30(15-17-32)33-7-4-6-29(20-33)23-43-39(46)8-5-9-40(47)48/h4,6-7,10-17,20-22,27,38,41-42,45H,5,8-9,18-19,23-26H2,1-3H3,(H,43,46)(H,47,48). The first-order valence-corrected chi connectivity index (χ1v) is 17.9. The molecule has 1 amide bonds. The molecule has 52 heavy (non-hydrogen) atoms. The number of hydrogen-bond donors (Lipinski definition) is 3. The molecule has 4 unspecified atom stereocenters. The number of nitrogens with zero attached hydrogens (tertiary/aromatic N) is 1. The number of nitrogens with one attached hydrogen (secondary N) is 1. The number of fused-ring (bicyclic) bond motifs is 1. The quantitative estimate of drug-likeness (QED) is 0.133. The molecule has 4 aromatic rings. The van der Waals surface area contributed by atoms with Crippen molar-refractivity contribution < 1.29 is 38.7 Å². The normalized spacial score (nSPS) is 20.2. The fourth-order valence-electron chi connectivity index (χ4n) is 7.06. The summed E-state index contributed by atoms with van der Waals surface area (Å²) >= 11 is 0. The van der Waals surface area contributed by atoms with Gasteiger partial charge in [-0.25, -0.2) is 0 Å². The molecule has 2 aliphatic heterocycles. The summed E-state index contributed by atoms with van der Waals surface area (Å²) in [4.78, 5) is 25.4. The smallest absolute Gasteiger partial charge is 0.303 e. The summed E-state index contributed by atoms with van der Waals surface area (Å²) < 4.78 is 24.7. The van der Waals surface area contributed by atoms with Gasteiger partial charge in [0.1, 0.15) is 0 Å². The fourth-order valence-corrected chi connectivity index (χ4v) is 7.06. The highest BCUT2D eigenvalue weighted by atomic mass is 16.7. The Morgan fingerprint density at radius 2 is 1.56 bits per heavy atom. The van der Waals surface area contributed by atoms with Crippen LogP contribution in [-0.2, 0) is 45.2 Å². The molecule has 1 saturated heterocycles. The van der Waals surface area contributed by atoms with Crippen molar-refractivity contribution in [3.8, 4) is 22.6 Å². The van der Waals surface area contributed by atoms with Gasteiger partial charge in [-0.2, -0.15) is 0 Å². The molecule has 0 saturated carbocycles. The molecule has 4 aromatic carbocycles. The van der Waals surface area contributed by atoms with Crippen LogP contribution in [0.25, 0.3) is 11.1 Å². The van der Waals surface area contributed by atoms with Gasteiger partial charge in [0.2, 0.25) is 5.91 Å². The average molecular weight is 709 g/mol. The van der Waals surface area contributed by atoms with Gasteiger partial charge in [-0.3, -0.25) is 14.5 Å². The van der Waals surface area contributed by atoms with Crippen molar-refractivity contribution in [2.75, 3.05) is 27.3 Å². The molecule has 1 fully saturated rings. The number of carboxylic acid groups (broad SMARTS) is 1. The average Bonchev–Trinajstić information content (AvgIpc) is 3.17. The number of carbonyl (C=O) groups excluding carboxylic acids is 1. The number of amides is 1. The number of carboxylic acids is 1. The predicted molar refractivity (Wildman–Crippen MR) is 197 cm³/mol. The van der Waals surface area contributed by atoms with Crippen molar-refractivity contribution in [2.45, 2.75) is 70.8 Å². The van der Waals surface area contributed by atoms with Crippen molar-refractivity contribution in [3.05, 3.63) is 118 Å². The van der Waals surface area contributed by atoms with Crippen molar-refractivity contribution in [1.82, 2.24) is 10.2 Å². The highest BCUT2D eigenvalue weighted by Gasteiger charge is 2.39. The molecule has 6 rings (SSSR count). The molecular formula is C42H48N2O8. The maximum atomic E-state index is 12.2. The second-order valence-electron chi connectivity index (χ2n) is 13.6. The van der Waals surface area contributed by atoms with Gasteiger partial charge >= 0.3 is 5.97 Å². The molecule has 0 spiro atoms. The van der Waals surface area contributed by atoms with Crippen molar-refractivity contribution >= 4 is 11.9 Å².